The summed E-state index contributed by atoms with van der Waals surface area (Å²) in [5.41, 5.74) is 1.90. The Morgan fingerprint density at radius 3 is 2.19 bits per heavy atom. The molecule has 2 aromatic carbocycles. The summed E-state index contributed by atoms with van der Waals surface area (Å²) in [4.78, 5) is 36.8. The lowest BCUT2D eigenvalue weighted by Crippen LogP contribution is -2.40. The van der Waals surface area contributed by atoms with Crippen LogP contribution in [0, 0.1) is 0 Å². The van der Waals surface area contributed by atoms with E-state index < -0.39 is 5.97 Å². The van der Waals surface area contributed by atoms with Crippen LogP contribution in [0.2, 0.25) is 0 Å². The summed E-state index contributed by atoms with van der Waals surface area (Å²) in [5, 5.41) is 11.5. The van der Waals surface area contributed by atoms with Crippen molar-refractivity contribution in [2.45, 2.75) is 19.9 Å². The van der Waals surface area contributed by atoms with Crippen molar-refractivity contribution in [2.24, 2.45) is 0 Å². The number of hydrogen-bond acceptors (Lipinski definition) is 3. The summed E-state index contributed by atoms with van der Waals surface area (Å²) in [5.74, 6) is -1.44. The summed E-state index contributed by atoms with van der Waals surface area (Å²) >= 11 is 0. The summed E-state index contributed by atoms with van der Waals surface area (Å²) in [7, 11) is 0. The third-order valence-corrected chi connectivity index (χ3v) is 3.95. The molecule has 0 fully saturated rings. The van der Waals surface area contributed by atoms with E-state index in [1.165, 1.54) is 12.1 Å². The van der Waals surface area contributed by atoms with Crippen LogP contribution in [0.15, 0.2) is 54.6 Å². The quantitative estimate of drug-likeness (QED) is 0.760. The highest BCUT2D eigenvalue weighted by Gasteiger charge is 2.13. The van der Waals surface area contributed by atoms with Gasteiger partial charge in [-0.15, -0.1) is 0 Å². The Morgan fingerprint density at radius 1 is 0.962 bits per heavy atom. The van der Waals surface area contributed by atoms with Crippen LogP contribution in [-0.2, 0) is 22.6 Å². The molecule has 136 valence electrons. The normalized spacial score (nSPS) is 10.2. The lowest BCUT2D eigenvalue weighted by Gasteiger charge is -2.21. The fourth-order valence-electron chi connectivity index (χ4n) is 2.48. The molecule has 0 saturated heterocycles. The number of carboxylic acid groups (broad SMARTS) is 1. The van der Waals surface area contributed by atoms with Gasteiger partial charge in [-0.25, -0.2) is 4.79 Å². The third-order valence-electron chi connectivity index (χ3n) is 3.95. The second-order valence-corrected chi connectivity index (χ2v) is 5.85. The van der Waals surface area contributed by atoms with E-state index >= 15 is 0 Å². The molecule has 0 radical (unpaired) electrons. The van der Waals surface area contributed by atoms with E-state index in [-0.39, 0.29) is 30.3 Å². The van der Waals surface area contributed by atoms with E-state index in [2.05, 4.69) is 5.32 Å². The first-order chi connectivity index (χ1) is 12.5. The van der Waals surface area contributed by atoms with Crippen molar-refractivity contribution in [2.75, 3.05) is 13.1 Å². The average Bonchev–Trinajstić information content (AvgIpc) is 2.65. The van der Waals surface area contributed by atoms with E-state index in [1.807, 2.05) is 37.3 Å². The first kappa shape index (κ1) is 19.2. The highest BCUT2D eigenvalue weighted by molar-refractivity contribution is 5.88. The molecule has 0 heterocycles. The van der Waals surface area contributed by atoms with Gasteiger partial charge in [0, 0.05) is 13.1 Å². The molecule has 6 heteroatoms. The third kappa shape index (κ3) is 5.73. The Labute approximate surface area is 152 Å². The molecule has 2 aromatic rings. The molecular weight excluding hydrogens is 332 g/mol. The number of amides is 2. The van der Waals surface area contributed by atoms with Crippen LogP contribution in [0.3, 0.4) is 0 Å². The zero-order valence-electron chi connectivity index (χ0n) is 14.6. The average molecular weight is 354 g/mol. The van der Waals surface area contributed by atoms with Crippen LogP contribution in [0.5, 0.6) is 0 Å². The molecule has 2 N–H and O–H groups in total. The molecule has 0 aromatic heterocycles. The van der Waals surface area contributed by atoms with Crippen LogP contribution >= 0.6 is 0 Å². The van der Waals surface area contributed by atoms with Gasteiger partial charge in [-0.3, -0.25) is 9.59 Å². The number of benzene rings is 2. The lowest BCUT2D eigenvalue weighted by atomic mass is 10.1. The van der Waals surface area contributed by atoms with Crippen LogP contribution in [0.1, 0.15) is 28.4 Å². The maximum absolute atomic E-state index is 12.3. The van der Waals surface area contributed by atoms with Gasteiger partial charge in [-0.2, -0.15) is 0 Å². The predicted molar refractivity (Wildman–Crippen MR) is 97.6 cm³/mol. The topological polar surface area (TPSA) is 86.7 Å². The largest absolute Gasteiger partial charge is 0.478 e. The molecule has 0 spiro atoms. The second kappa shape index (κ2) is 9.36. The number of hydrogen-bond donors (Lipinski definition) is 2. The lowest BCUT2D eigenvalue weighted by molar-refractivity contribution is -0.133. The van der Waals surface area contributed by atoms with Gasteiger partial charge in [-0.05, 0) is 30.2 Å². The first-order valence-corrected chi connectivity index (χ1v) is 8.40. The van der Waals surface area contributed by atoms with Crippen molar-refractivity contribution in [1.29, 1.82) is 0 Å². The van der Waals surface area contributed by atoms with Gasteiger partial charge in [0.15, 0.2) is 0 Å². The van der Waals surface area contributed by atoms with Crippen molar-refractivity contribution in [3.05, 3.63) is 71.3 Å². The molecule has 26 heavy (non-hydrogen) atoms. The molecule has 2 rings (SSSR count). The molecule has 0 aliphatic rings. The first-order valence-electron chi connectivity index (χ1n) is 8.40. The van der Waals surface area contributed by atoms with Gasteiger partial charge >= 0.3 is 5.97 Å². The van der Waals surface area contributed by atoms with Gasteiger partial charge in [0.25, 0.3) is 0 Å². The maximum atomic E-state index is 12.3. The molecule has 0 unspecified atom stereocenters. The Hall–Kier alpha value is -3.15. The zero-order chi connectivity index (χ0) is 18.9. The second-order valence-electron chi connectivity index (χ2n) is 5.85. The van der Waals surface area contributed by atoms with Crippen molar-refractivity contribution < 1.29 is 19.5 Å². The number of nitrogens with zero attached hydrogens (tertiary/aromatic N) is 1. The predicted octanol–water partition coefficient (Wildman–Crippen LogP) is 2.09. The SMILES string of the molecule is CCN(Cc1ccccc1)C(=O)CNC(=O)Cc1ccc(C(=O)O)cc1. The highest BCUT2D eigenvalue weighted by atomic mass is 16.4. The molecule has 0 saturated carbocycles. The van der Waals surface area contributed by atoms with E-state index in [1.54, 1.807) is 17.0 Å². The summed E-state index contributed by atoms with van der Waals surface area (Å²) in [6, 6.07) is 15.8. The number of carbonyl (C=O) groups is 3. The zero-order valence-corrected chi connectivity index (χ0v) is 14.6. The fraction of sp³-hybridized carbons (Fsp3) is 0.250. The van der Waals surface area contributed by atoms with Gasteiger partial charge < -0.3 is 15.3 Å². The standard InChI is InChI=1S/C20H22N2O4/c1-2-22(14-16-6-4-3-5-7-16)19(24)13-21-18(23)12-15-8-10-17(11-9-15)20(25)26/h3-11H,2,12-14H2,1H3,(H,21,23)(H,25,26). The summed E-state index contributed by atoms with van der Waals surface area (Å²) in [6.45, 7) is 2.89. The van der Waals surface area contributed by atoms with Crippen LogP contribution in [-0.4, -0.2) is 40.9 Å². The molecule has 0 bridgehead atoms. The Morgan fingerprint density at radius 2 is 1.62 bits per heavy atom. The van der Waals surface area contributed by atoms with E-state index in [0.29, 0.717) is 18.7 Å². The van der Waals surface area contributed by atoms with Crippen LogP contribution in [0.4, 0.5) is 0 Å². The van der Waals surface area contributed by atoms with Crippen molar-refractivity contribution in [3.63, 3.8) is 0 Å². The van der Waals surface area contributed by atoms with Gasteiger partial charge in [0.1, 0.15) is 0 Å². The number of likely N-dealkylation sites (N-methyl/N-ethyl adjacent to an activating group) is 1. The number of nitrogens with one attached hydrogen (secondary N) is 1. The fourth-order valence-corrected chi connectivity index (χ4v) is 2.48. The minimum atomic E-state index is -1.01. The van der Waals surface area contributed by atoms with Crippen LogP contribution < -0.4 is 5.32 Å². The number of carboxylic acids is 1. The highest BCUT2D eigenvalue weighted by Crippen LogP contribution is 2.06. The molecule has 2 amide bonds. The summed E-state index contributed by atoms with van der Waals surface area (Å²) in [6.07, 6.45) is 0.0952. The number of aromatic carboxylic acids is 1. The van der Waals surface area contributed by atoms with Gasteiger partial charge in [-0.1, -0.05) is 42.5 Å². The van der Waals surface area contributed by atoms with E-state index in [4.69, 9.17) is 5.11 Å². The smallest absolute Gasteiger partial charge is 0.335 e. The minimum absolute atomic E-state index is 0.0628. The Balaban J connectivity index is 1.83. The molecular formula is C20H22N2O4. The van der Waals surface area contributed by atoms with Crippen molar-refractivity contribution >= 4 is 17.8 Å². The number of carbonyl (C=O) groups excluding carboxylic acids is 2. The summed E-state index contributed by atoms with van der Waals surface area (Å²) < 4.78 is 0. The molecule has 6 nitrogen and oxygen atoms in total. The molecule has 0 atom stereocenters. The number of rotatable bonds is 8. The van der Waals surface area contributed by atoms with Gasteiger partial charge in [0.2, 0.25) is 11.8 Å². The van der Waals surface area contributed by atoms with E-state index in [9.17, 15) is 14.4 Å². The van der Waals surface area contributed by atoms with Crippen molar-refractivity contribution in [1.82, 2.24) is 10.2 Å². The molecule has 0 aliphatic heterocycles. The molecule has 0 aliphatic carbocycles. The Bertz CT molecular complexity index is 757. The Kier molecular flexibility index (Phi) is 6.91. The van der Waals surface area contributed by atoms with Crippen molar-refractivity contribution in [3.8, 4) is 0 Å². The van der Waals surface area contributed by atoms with Gasteiger partial charge in [0.05, 0.1) is 18.5 Å². The monoisotopic (exact) mass is 354 g/mol. The minimum Gasteiger partial charge on any atom is -0.478 e. The maximum Gasteiger partial charge on any atom is 0.335 e. The van der Waals surface area contributed by atoms with Crippen LogP contribution in [0.25, 0.3) is 0 Å². The van der Waals surface area contributed by atoms with E-state index in [0.717, 1.165) is 5.56 Å².